The number of carbonyl (C=O) groups is 2. The Hall–Kier alpha value is -2.66. The Bertz CT molecular complexity index is 861. The van der Waals surface area contributed by atoms with Crippen molar-refractivity contribution in [3.05, 3.63) is 59.2 Å². The average molecular weight is 353 g/mol. The third kappa shape index (κ3) is 2.99. The van der Waals surface area contributed by atoms with Crippen LogP contribution in [0, 0.1) is 6.92 Å². The van der Waals surface area contributed by atoms with Gasteiger partial charge in [-0.05, 0) is 32.4 Å². The number of anilines is 1. The Morgan fingerprint density at radius 2 is 1.92 bits per heavy atom. The van der Waals surface area contributed by atoms with Gasteiger partial charge < -0.3 is 14.7 Å². The van der Waals surface area contributed by atoms with Gasteiger partial charge in [-0.2, -0.15) is 0 Å². The first-order valence-electron chi connectivity index (χ1n) is 8.73. The molecule has 3 rings (SSSR count). The third-order valence-corrected chi connectivity index (χ3v) is 4.66. The number of Topliss-reactive ketones (excluding diaryl/α,β-unsaturated/α-hetero) is 1. The van der Waals surface area contributed by atoms with E-state index in [1.807, 2.05) is 44.2 Å². The molecule has 0 spiro atoms. The number of ether oxygens (including phenoxy) is 1. The molecule has 1 atom stereocenters. The summed E-state index contributed by atoms with van der Waals surface area (Å²) in [6, 6.07) is 12.9. The summed E-state index contributed by atoms with van der Waals surface area (Å²) in [6.07, 6.45) is -0.230. The van der Waals surface area contributed by atoms with E-state index >= 15 is 0 Å². The Morgan fingerprint density at radius 1 is 1.19 bits per heavy atom. The van der Waals surface area contributed by atoms with Gasteiger partial charge in [0.25, 0.3) is 5.91 Å². The number of nitrogens with zero attached hydrogens (tertiary/aromatic N) is 1. The maximum atomic E-state index is 13.1. The fraction of sp³-hybridized carbons (Fsp3) is 0.333. The van der Waals surface area contributed by atoms with E-state index in [0.29, 0.717) is 23.6 Å². The monoisotopic (exact) mass is 353 g/mol. The van der Waals surface area contributed by atoms with Crippen LogP contribution in [0.15, 0.2) is 42.5 Å². The summed E-state index contributed by atoms with van der Waals surface area (Å²) in [5, 5.41) is 11.1. The zero-order valence-electron chi connectivity index (χ0n) is 15.3. The molecular formula is C21H23NO4. The van der Waals surface area contributed by atoms with Crippen LogP contribution in [0.2, 0.25) is 0 Å². The Morgan fingerprint density at radius 3 is 2.62 bits per heavy atom. The van der Waals surface area contributed by atoms with Gasteiger partial charge in [-0.25, -0.2) is 0 Å². The third-order valence-electron chi connectivity index (χ3n) is 4.66. The predicted molar refractivity (Wildman–Crippen MR) is 99.2 cm³/mol. The van der Waals surface area contributed by atoms with Gasteiger partial charge in [0.1, 0.15) is 11.5 Å². The summed E-state index contributed by atoms with van der Waals surface area (Å²) in [4.78, 5) is 26.4. The highest BCUT2D eigenvalue weighted by atomic mass is 16.5. The maximum absolute atomic E-state index is 13.1. The highest BCUT2D eigenvalue weighted by Crippen LogP contribution is 2.45. The quantitative estimate of drug-likeness (QED) is 0.866. The van der Waals surface area contributed by atoms with Crippen molar-refractivity contribution >= 4 is 17.4 Å². The zero-order chi connectivity index (χ0) is 18.9. The van der Waals surface area contributed by atoms with E-state index in [4.69, 9.17) is 4.74 Å². The number of hydrogen-bond acceptors (Lipinski definition) is 4. The number of para-hydroxylation sites is 2. The van der Waals surface area contributed by atoms with Crippen LogP contribution in [0.1, 0.15) is 37.0 Å². The Labute approximate surface area is 153 Å². The standard InChI is InChI=1S/C21H23NO4/c1-4-26-18-11-6-5-9-16(18)13-22-19-14(2)8-7-10-17(19)21(25,20(22)24)12-15(3)23/h5-11,25H,4,12-13H2,1-3H3/t21-/m1/s1. The van der Waals surface area contributed by atoms with E-state index in [9.17, 15) is 14.7 Å². The van der Waals surface area contributed by atoms with Gasteiger partial charge in [0.05, 0.1) is 18.8 Å². The molecule has 0 saturated carbocycles. The van der Waals surface area contributed by atoms with Crippen molar-refractivity contribution in [2.45, 2.75) is 39.3 Å². The number of amides is 1. The molecule has 5 nitrogen and oxygen atoms in total. The maximum Gasteiger partial charge on any atom is 0.264 e. The fourth-order valence-corrected chi connectivity index (χ4v) is 3.57. The van der Waals surface area contributed by atoms with Gasteiger partial charge in [-0.1, -0.05) is 36.4 Å². The highest BCUT2D eigenvalue weighted by Gasteiger charge is 2.50. The van der Waals surface area contributed by atoms with Gasteiger partial charge in [0.15, 0.2) is 5.60 Å². The topological polar surface area (TPSA) is 66.8 Å². The molecule has 26 heavy (non-hydrogen) atoms. The number of aliphatic hydroxyl groups is 1. The first-order valence-corrected chi connectivity index (χ1v) is 8.73. The summed E-state index contributed by atoms with van der Waals surface area (Å²) in [6.45, 7) is 5.98. The van der Waals surface area contributed by atoms with E-state index in [1.165, 1.54) is 6.92 Å². The smallest absolute Gasteiger partial charge is 0.264 e. The molecule has 0 radical (unpaired) electrons. The molecule has 0 unspecified atom stereocenters. The van der Waals surface area contributed by atoms with Crippen molar-refractivity contribution in [2.75, 3.05) is 11.5 Å². The van der Waals surface area contributed by atoms with Gasteiger partial charge in [-0.3, -0.25) is 9.59 Å². The second-order valence-electron chi connectivity index (χ2n) is 6.64. The van der Waals surface area contributed by atoms with Crippen molar-refractivity contribution in [1.82, 2.24) is 0 Å². The molecule has 0 saturated heterocycles. The molecule has 1 aliphatic heterocycles. The molecule has 136 valence electrons. The van der Waals surface area contributed by atoms with Crippen LogP contribution in [0.3, 0.4) is 0 Å². The Kier molecular flexibility index (Phi) is 4.83. The molecule has 1 amide bonds. The average Bonchev–Trinajstić information content (AvgIpc) is 2.79. The number of rotatable bonds is 6. The number of fused-ring (bicyclic) bond motifs is 1. The minimum atomic E-state index is -1.81. The molecule has 2 aromatic rings. The first-order chi connectivity index (χ1) is 12.4. The van der Waals surface area contributed by atoms with Crippen LogP contribution in [-0.2, 0) is 21.7 Å². The normalized spacial score (nSPS) is 18.8. The summed E-state index contributed by atoms with van der Waals surface area (Å²) in [5.74, 6) is 0.00751. The number of benzene rings is 2. The second kappa shape index (κ2) is 6.92. The number of ketones is 1. The van der Waals surface area contributed by atoms with Crippen LogP contribution in [-0.4, -0.2) is 23.4 Å². The lowest BCUT2D eigenvalue weighted by atomic mass is 9.89. The van der Waals surface area contributed by atoms with Crippen LogP contribution in [0.25, 0.3) is 0 Å². The number of hydrogen-bond donors (Lipinski definition) is 1. The minimum absolute atomic E-state index is 0.230. The van der Waals surface area contributed by atoms with Crippen LogP contribution in [0.5, 0.6) is 5.75 Å². The van der Waals surface area contributed by atoms with Crippen molar-refractivity contribution in [2.24, 2.45) is 0 Å². The van der Waals surface area contributed by atoms with Crippen molar-refractivity contribution in [1.29, 1.82) is 0 Å². The molecule has 2 aromatic carbocycles. The predicted octanol–water partition coefficient (Wildman–Crippen LogP) is 3.11. The molecule has 0 aromatic heterocycles. The summed E-state index contributed by atoms with van der Waals surface area (Å²) >= 11 is 0. The van der Waals surface area contributed by atoms with Crippen molar-refractivity contribution in [3.63, 3.8) is 0 Å². The molecule has 5 heteroatoms. The molecule has 1 heterocycles. The van der Waals surface area contributed by atoms with Crippen LogP contribution in [0.4, 0.5) is 5.69 Å². The minimum Gasteiger partial charge on any atom is -0.494 e. The van der Waals surface area contributed by atoms with Gasteiger partial charge in [0, 0.05) is 17.5 Å². The van der Waals surface area contributed by atoms with Crippen molar-refractivity contribution in [3.8, 4) is 5.75 Å². The number of carbonyl (C=O) groups excluding carboxylic acids is 2. The lowest BCUT2D eigenvalue weighted by molar-refractivity contribution is -0.141. The summed E-state index contributed by atoms with van der Waals surface area (Å²) in [5.41, 5.74) is 1.08. The first kappa shape index (κ1) is 18.1. The molecular weight excluding hydrogens is 330 g/mol. The van der Waals surface area contributed by atoms with Crippen LogP contribution < -0.4 is 9.64 Å². The van der Waals surface area contributed by atoms with E-state index in [-0.39, 0.29) is 18.7 Å². The van der Waals surface area contributed by atoms with Gasteiger partial charge in [0.2, 0.25) is 0 Å². The lowest BCUT2D eigenvalue weighted by Crippen LogP contribution is -2.41. The molecule has 0 aliphatic carbocycles. The van der Waals surface area contributed by atoms with E-state index in [0.717, 1.165) is 11.1 Å². The molecule has 1 aliphatic rings. The fourth-order valence-electron chi connectivity index (χ4n) is 3.57. The summed E-state index contributed by atoms with van der Waals surface area (Å²) in [7, 11) is 0. The zero-order valence-corrected chi connectivity index (χ0v) is 15.3. The Balaban J connectivity index is 2.07. The largest absolute Gasteiger partial charge is 0.494 e. The van der Waals surface area contributed by atoms with Gasteiger partial charge >= 0.3 is 0 Å². The number of aryl methyl sites for hydroxylation is 1. The molecule has 1 N–H and O–H groups in total. The molecule has 0 fully saturated rings. The van der Waals surface area contributed by atoms with Crippen LogP contribution >= 0.6 is 0 Å². The lowest BCUT2D eigenvalue weighted by Gasteiger charge is -2.23. The van der Waals surface area contributed by atoms with E-state index < -0.39 is 11.5 Å². The highest BCUT2D eigenvalue weighted by molar-refractivity contribution is 6.09. The van der Waals surface area contributed by atoms with E-state index in [1.54, 1.807) is 17.0 Å². The second-order valence-corrected chi connectivity index (χ2v) is 6.64. The van der Waals surface area contributed by atoms with Crippen molar-refractivity contribution < 1.29 is 19.4 Å². The van der Waals surface area contributed by atoms with Gasteiger partial charge in [-0.15, -0.1) is 0 Å². The van der Waals surface area contributed by atoms with E-state index in [2.05, 4.69) is 0 Å². The molecule has 0 bridgehead atoms. The summed E-state index contributed by atoms with van der Waals surface area (Å²) < 4.78 is 5.66. The SMILES string of the molecule is CCOc1ccccc1CN1C(=O)[C@@](O)(CC(C)=O)c2cccc(C)c21.